The Bertz CT molecular complexity index is 358. The van der Waals surface area contributed by atoms with Crippen molar-refractivity contribution in [3.63, 3.8) is 0 Å². The smallest absolute Gasteiger partial charge is 0.297 e. The first-order chi connectivity index (χ1) is 6.70. The Morgan fingerprint density at radius 2 is 2.29 bits per heavy atom. The summed E-state index contributed by atoms with van der Waals surface area (Å²) in [7, 11) is 0. The van der Waals surface area contributed by atoms with E-state index in [0.717, 1.165) is 19.4 Å². The summed E-state index contributed by atoms with van der Waals surface area (Å²) in [5, 5.41) is 3.32. The van der Waals surface area contributed by atoms with Gasteiger partial charge in [-0.05, 0) is 33.2 Å². The van der Waals surface area contributed by atoms with E-state index in [2.05, 4.69) is 5.32 Å². The van der Waals surface area contributed by atoms with Gasteiger partial charge in [0.1, 0.15) is 0 Å². The lowest BCUT2D eigenvalue weighted by molar-refractivity contribution is 0.440. The SMILES string of the molecule is CC(C)n1ccn(C2CCCN2)c1=O. The highest BCUT2D eigenvalue weighted by Gasteiger charge is 2.18. The third-order valence-corrected chi connectivity index (χ3v) is 2.76. The summed E-state index contributed by atoms with van der Waals surface area (Å²) < 4.78 is 3.56. The molecule has 1 aliphatic rings. The number of hydrogen-bond acceptors (Lipinski definition) is 2. The first-order valence-corrected chi connectivity index (χ1v) is 5.22. The zero-order chi connectivity index (χ0) is 10.1. The number of nitrogens with one attached hydrogen (secondary N) is 1. The van der Waals surface area contributed by atoms with E-state index in [9.17, 15) is 4.79 Å². The number of imidazole rings is 1. The largest absolute Gasteiger partial charge is 0.329 e. The first kappa shape index (κ1) is 9.52. The molecule has 0 aliphatic carbocycles. The highest BCUT2D eigenvalue weighted by Crippen LogP contribution is 2.14. The number of rotatable bonds is 2. The molecule has 0 amide bonds. The van der Waals surface area contributed by atoms with Crippen LogP contribution in [-0.4, -0.2) is 15.7 Å². The number of nitrogens with zero attached hydrogens (tertiary/aromatic N) is 2. The zero-order valence-corrected chi connectivity index (χ0v) is 8.73. The fraction of sp³-hybridized carbons (Fsp3) is 0.700. The summed E-state index contributed by atoms with van der Waals surface area (Å²) in [5.41, 5.74) is 0.0967. The van der Waals surface area contributed by atoms with E-state index in [1.54, 1.807) is 9.13 Å². The molecule has 1 atom stereocenters. The molecule has 0 saturated carbocycles. The van der Waals surface area contributed by atoms with E-state index in [-0.39, 0.29) is 17.9 Å². The lowest BCUT2D eigenvalue weighted by atomic mass is 10.3. The molecule has 1 N–H and O–H groups in total. The minimum Gasteiger partial charge on any atom is -0.297 e. The van der Waals surface area contributed by atoms with Crippen molar-refractivity contribution in [3.8, 4) is 0 Å². The molecule has 1 aromatic rings. The molecule has 0 bridgehead atoms. The Kier molecular flexibility index (Phi) is 2.46. The normalized spacial score (nSPS) is 22.1. The van der Waals surface area contributed by atoms with Crippen LogP contribution in [0.15, 0.2) is 17.2 Å². The van der Waals surface area contributed by atoms with Gasteiger partial charge in [0.25, 0.3) is 0 Å². The molecule has 4 heteroatoms. The van der Waals surface area contributed by atoms with Crippen LogP contribution in [0, 0.1) is 0 Å². The van der Waals surface area contributed by atoms with E-state index in [1.165, 1.54) is 0 Å². The van der Waals surface area contributed by atoms with Gasteiger partial charge in [-0.3, -0.25) is 14.5 Å². The van der Waals surface area contributed by atoms with Crippen molar-refractivity contribution in [3.05, 3.63) is 22.9 Å². The molecule has 2 rings (SSSR count). The van der Waals surface area contributed by atoms with Gasteiger partial charge in [-0.25, -0.2) is 4.79 Å². The molecule has 1 fully saturated rings. The fourth-order valence-corrected chi connectivity index (χ4v) is 1.94. The summed E-state index contributed by atoms with van der Waals surface area (Å²) in [4.78, 5) is 11.9. The highest BCUT2D eigenvalue weighted by molar-refractivity contribution is 4.88. The second kappa shape index (κ2) is 3.61. The molecule has 1 saturated heterocycles. The molecule has 0 spiro atoms. The lowest BCUT2D eigenvalue weighted by Crippen LogP contribution is -2.32. The summed E-state index contributed by atoms with van der Waals surface area (Å²) >= 11 is 0. The summed E-state index contributed by atoms with van der Waals surface area (Å²) in [6.45, 7) is 5.06. The van der Waals surface area contributed by atoms with E-state index in [0.29, 0.717) is 0 Å². The Balaban J connectivity index is 2.31. The van der Waals surface area contributed by atoms with Gasteiger partial charge in [0.2, 0.25) is 0 Å². The van der Waals surface area contributed by atoms with Crippen molar-refractivity contribution in [1.29, 1.82) is 0 Å². The quantitative estimate of drug-likeness (QED) is 0.768. The maximum Gasteiger partial charge on any atom is 0.329 e. The van der Waals surface area contributed by atoms with Crippen LogP contribution in [0.3, 0.4) is 0 Å². The minimum atomic E-state index is 0.0967. The molecule has 78 valence electrons. The molecule has 0 aromatic carbocycles. The third-order valence-electron chi connectivity index (χ3n) is 2.76. The zero-order valence-electron chi connectivity index (χ0n) is 8.73. The highest BCUT2D eigenvalue weighted by atomic mass is 16.1. The Labute approximate surface area is 83.5 Å². The van der Waals surface area contributed by atoms with Crippen molar-refractivity contribution < 1.29 is 0 Å². The predicted octanol–water partition coefficient (Wildman–Crippen LogP) is 1.11. The maximum atomic E-state index is 11.9. The first-order valence-electron chi connectivity index (χ1n) is 5.22. The minimum absolute atomic E-state index is 0.0967. The van der Waals surface area contributed by atoms with Gasteiger partial charge in [0.15, 0.2) is 0 Å². The Morgan fingerprint density at radius 3 is 2.79 bits per heavy atom. The third kappa shape index (κ3) is 1.50. The summed E-state index contributed by atoms with van der Waals surface area (Å²) in [6, 6.07) is 0.241. The van der Waals surface area contributed by atoms with Gasteiger partial charge >= 0.3 is 5.69 Å². The molecule has 1 unspecified atom stereocenters. The van der Waals surface area contributed by atoms with E-state index in [4.69, 9.17) is 0 Å². The van der Waals surface area contributed by atoms with Gasteiger partial charge < -0.3 is 0 Å². The lowest BCUT2D eigenvalue weighted by Gasteiger charge is -2.11. The van der Waals surface area contributed by atoms with Crippen LogP contribution >= 0.6 is 0 Å². The maximum absolute atomic E-state index is 11.9. The molecule has 1 aromatic heterocycles. The molecular weight excluding hydrogens is 178 g/mol. The van der Waals surface area contributed by atoms with Crippen LogP contribution in [0.2, 0.25) is 0 Å². The van der Waals surface area contributed by atoms with Gasteiger partial charge in [0, 0.05) is 18.4 Å². The average molecular weight is 195 g/mol. The van der Waals surface area contributed by atoms with E-state index >= 15 is 0 Å². The van der Waals surface area contributed by atoms with Crippen molar-refractivity contribution in [2.45, 2.75) is 38.9 Å². The number of aromatic nitrogens is 2. The van der Waals surface area contributed by atoms with Crippen LogP contribution in [-0.2, 0) is 0 Å². The standard InChI is InChI=1S/C10H17N3O/c1-8(2)12-6-7-13(10(12)14)9-4-3-5-11-9/h6-9,11H,3-5H2,1-2H3. The Morgan fingerprint density at radius 1 is 1.50 bits per heavy atom. The predicted molar refractivity (Wildman–Crippen MR) is 55.4 cm³/mol. The van der Waals surface area contributed by atoms with E-state index < -0.39 is 0 Å². The van der Waals surface area contributed by atoms with Crippen molar-refractivity contribution in [1.82, 2.24) is 14.5 Å². The van der Waals surface area contributed by atoms with Crippen molar-refractivity contribution in [2.24, 2.45) is 0 Å². The Hall–Kier alpha value is -1.03. The second-order valence-electron chi connectivity index (χ2n) is 4.10. The van der Waals surface area contributed by atoms with E-state index in [1.807, 2.05) is 26.2 Å². The average Bonchev–Trinajstić information content (AvgIpc) is 2.71. The van der Waals surface area contributed by atoms with Crippen LogP contribution in [0.4, 0.5) is 0 Å². The number of hydrogen-bond donors (Lipinski definition) is 1. The molecule has 4 nitrogen and oxygen atoms in total. The molecule has 2 heterocycles. The summed E-state index contributed by atoms with van der Waals surface area (Å²) in [5.74, 6) is 0. The van der Waals surface area contributed by atoms with Crippen LogP contribution in [0.25, 0.3) is 0 Å². The van der Waals surface area contributed by atoms with Gasteiger partial charge in [-0.15, -0.1) is 0 Å². The monoisotopic (exact) mass is 195 g/mol. The summed E-state index contributed by atoms with van der Waals surface area (Å²) in [6.07, 6.45) is 6.17. The van der Waals surface area contributed by atoms with Crippen LogP contribution < -0.4 is 11.0 Å². The van der Waals surface area contributed by atoms with Crippen LogP contribution in [0.1, 0.15) is 38.9 Å². The molecular formula is C10H17N3O. The van der Waals surface area contributed by atoms with Gasteiger partial charge in [-0.2, -0.15) is 0 Å². The molecule has 0 radical (unpaired) electrons. The van der Waals surface area contributed by atoms with Crippen LogP contribution in [0.5, 0.6) is 0 Å². The second-order valence-corrected chi connectivity index (χ2v) is 4.10. The van der Waals surface area contributed by atoms with Crippen molar-refractivity contribution >= 4 is 0 Å². The van der Waals surface area contributed by atoms with Gasteiger partial charge in [0.05, 0.1) is 6.17 Å². The fourth-order valence-electron chi connectivity index (χ4n) is 1.94. The van der Waals surface area contributed by atoms with Crippen molar-refractivity contribution in [2.75, 3.05) is 6.54 Å². The molecule has 14 heavy (non-hydrogen) atoms. The molecule has 1 aliphatic heterocycles. The topological polar surface area (TPSA) is 39.0 Å². The van der Waals surface area contributed by atoms with Gasteiger partial charge in [-0.1, -0.05) is 0 Å².